The molecule has 3 heteroatoms. The predicted molar refractivity (Wildman–Crippen MR) is 51.1 cm³/mol. The van der Waals surface area contributed by atoms with Gasteiger partial charge in [0.2, 0.25) is 0 Å². The van der Waals surface area contributed by atoms with E-state index >= 15 is 0 Å². The van der Waals surface area contributed by atoms with Crippen molar-refractivity contribution in [2.75, 3.05) is 0 Å². The van der Waals surface area contributed by atoms with Gasteiger partial charge in [-0.2, -0.15) is 0 Å². The summed E-state index contributed by atoms with van der Waals surface area (Å²) >= 11 is 0. The van der Waals surface area contributed by atoms with E-state index in [1.165, 1.54) is 0 Å². The molecule has 0 heterocycles. The van der Waals surface area contributed by atoms with Gasteiger partial charge in [0.05, 0.1) is 0 Å². The van der Waals surface area contributed by atoms with Crippen LogP contribution in [0.25, 0.3) is 0 Å². The molecule has 0 aromatic heterocycles. The van der Waals surface area contributed by atoms with E-state index in [4.69, 9.17) is 10.5 Å². The third kappa shape index (κ3) is 3.19. The zero-order valence-electron chi connectivity index (χ0n) is 8.08. The Hall–Kier alpha value is -0.830. The average molecular weight is 183 g/mol. The first-order chi connectivity index (χ1) is 6.09. The standard InChI is InChI=1S/C10H17NO2/c1-7(2)10(12)13-9-5-3-4-8(11)6-9/h8-9H,1,3-6,11H2,2H3. The summed E-state index contributed by atoms with van der Waals surface area (Å²) in [5.41, 5.74) is 6.22. The number of rotatable bonds is 2. The van der Waals surface area contributed by atoms with Gasteiger partial charge in [-0.25, -0.2) is 4.79 Å². The van der Waals surface area contributed by atoms with Crippen molar-refractivity contribution < 1.29 is 9.53 Å². The van der Waals surface area contributed by atoms with E-state index in [0.717, 1.165) is 25.7 Å². The molecule has 0 aliphatic heterocycles. The lowest BCUT2D eigenvalue weighted by Gasteiger charge is -2.26. The van der Waals surface area contributed by atoms with Crippen LogP contribution >= 0.6 is 0 Å². The molecule has 3 nitrogen and oxygen atoms in total. The molecule has 2 unspecified atom stereocenters. The van der Waals surface area contributed by atoms with Crippen LogP contribution in [0.4, 0.5) is 0 Å². The smallest absolute Gasteiger partial charge is 0.333 e. The Morgan fingerprint density at radius 2 is 2.23 bits per heavy atom. The van der Waals surface area contributed by atoms with Crippen molar-refractivity contribution in [1.82, 2.24) is 0 Å². The van der Waals surface area contributed by atoms with Gasteiger partial charge in [-0.3, -0.25) is 0 Å². The Morgan fingerprint density at radius 3 is 2.77 bits per heavy atom. The fourth-order valence-corrected chi connectivity index (χ4v) is 1.54. The highest BCUT2D eigenvalue weighted by Crippen LogP contribution is 2.20. The van der Waals surface area contributed by atoms with Crippen LogP contribution in [0, 0.1) is 0 Å². The molecule has 1 rings (SSSR count). The number of hydrogen-bond acceptors (Lipinski definition) is 3. The van der Waals surface area contributed by atoms with Crippen LogP contribution in [0.15, 0.2) is 12.2 Å². The van der Waals surface area contributed by atoms with Gasteiger partial charge >= 0.3 is 5.97 Å². The van der Waals surface area contributed by atoms with E-state index in [1.807, 2.05) is 0 Å². The van der Waals surface area contributed by atoms with Gasteiger partial charge in [-0.05, 0) is 32.6 Å². The maximum absolute atomic E-state index is 11.2. The lowest BCUT2D eigenvalue weighted by molar-refractivity contribution is -0.145. The van der Waals surface area contributed by atoms with Crippen LogP contribution in [0.2, 0.25) is 0 Å². The molecule has 2 atom stereocenters. The molecule has 2 N–H and O–H groups in total. The van der Waals surface area contributed by atoms with Crippen LogP contribution in [0.5, 0.6) is 0 Å². The van der Waals surface area contributed by atoms with Crippen molar-refractivity contribution >= 4 is 5.97 Å². The number of hydrogen-bond donors (Lipinski definition) is 1. The first-order valence-electron chi connectivity index (χ1n) is 4.71. The number of esters is 1. The molecule has 1 saturated carbocycles. The van der Waals surface area contributed by atoms with Crippen LogP contribution in [-0.2, 0) is 9.53 Å². The van der Waals surface area contributed by atoms with Crippen LogP contribution in [0.3, 0.4) is 0 Å². The van der Waals surface area contributed by atoms with Crippen molar-refractivity contribution in [2.24, 2.45) is 5.73 Å². The molecule has 0 amide bonds. The Bertz CT molecular complexity index is 213. The molecule has 0 saturated heterocycles. The minimum atomic E-state index is -0.292. The second kappa shape index (κ2) is 4.42. The molecule has 0 aromatic carbocycles. The fourth-order valence-electron chi connectivity index (χ4n) is 1.54. The van der Waals surface area contributed by atoms with Gasteiger partial charge in [0.25, 0.3) is 0 Å². The van der Waals surface area contributed by atoms with Crippen LogP contribution in [-0.4, -0.2) is 18.1 Å². The van der Waals surface area contributed by atoms with Gasteiger partial charge < -0.3 is 10.5 Å². The van der Waals surface area contributed by atoms with Gasteiger partial charge in [-0.1, -0.05) is 6.58 Å². The molecule has 0 aromatic rings. The molecule has 13 heavy (non-hydrogen) atoms. The molecule has 1 fully saturated rings. The first kappa shape index (κ1) is 10.3. The minimum Gasteiger partial charge on any atom is -0.459 e. The van der Waals surface area contributed by atoms with E-state index in [9.17, 15) is 4.79 Å². The SMILES string of the molecule is C=C(C)C(=O)OC1CCCC(N)C1. The normalized spacial score (nSPS) is 28.2. The molecule has 74 valence electrons. The van der Waals surface area contributed by atoms with Crippen molar-refractivity contribution in [3.05, 3.63) is 12.2 Å². The molecular formula is C10H17NO2. The maximum atomic E-state index is 11.2. The average Bonchev–Trinajstić information content (AvgIpc) is 2.04. The van der Waals surface area contributed by atoms with Crippen LogP contribution in [0.1, 0.15) is 32.6 Å². The van der Waals surface area contributed by atoms with E-state index in [0.29, 0.717) is 5.57 Å². The monoisotopic (exact) mass is 183 g/mol. The lowest BCUT2D eigenvalue weighted by atomic mass is 9.93. The highest BCUT2D eigenvalue weighted by Gasteiger charge is 2.22. The number of carbonyl (C=O) groups excluding carboxylic acids is 1. The molecule has 1 aliphatic rings. The largest absolute Gasteiger partial charge is 0.459 e. The molecule has 1 aliphatic carbocycles. The summed E-state index contributed by atoms with van der Waals surface area (Å²) in [7, 11) is 0. The maximum Gasteiger partial charge on any atom is 0.333 e. The highest BCUT2D eigenvalue weighted by atomic mass is 16.5. The lowest BCUT2D eigenvalue weighted by Crippen LogP contribution is -2.33. The Kier molecular flexibility index (Phi) is 3.48. The third-order valence-corrected chi connectivity index (χ3v) is 2.29. The van der Waals surface area contributed by atoms with E-state index < -0.39 is 0 Å². The van der Waals surface area contributed by atoms with Crippen molar-refractivity contribution in [3.63, 3.8) is 0 Å². The molecule has 0 radical (unpaired) electrons. The van der Waals surface area contributed by atoms with Crippen molar-refractivity contribution in [1.29, 1.82) is 0 Å². The van der Waals surface area contributed by atoms with Crippen molar-refractivity contribution in [3.8, 4) is 0 Å². The van der Waals surface area contributed by atoms with Gasteiger partial charge in [-0.15, -0.1) is 0 Å². The number of ether oxygens (including phenoxy) is 1. The predicted octanol–water partition coefficient (Wildman–Crippen LogP) is 1.38. The minimum absolute atomic E-state index is 0.00736. The zero-order valence-corrected chi connectivity index (χ0v) is 8.08. The third-order valence-electron chi connectivity index (χ3n) is 2.29. The summed E-state index contributed by atoms with van der Waals surface area (Å²) in [6.07, 6.45) is 3.83. The second-order valence-electron chi connectivity index (χ2n) is 3.73. The fraction of sp³-hybridized carbons (Fsp3) is 0.700. The summed E-state index contributed by atoms with van der Waals surface area (Å²) in [5.74, 6) is -0.292. The number of nitrogens with two attached hydrogens (primary N) is 1. The quantitative estimate of drug-likeness (QED) is 0.519. The summed E-state index contributed by atoms with van der Waals surface area (Å²) in [6.45, 7) is 5.19. The number of carbonyl (C=O) groups is 1. The van der Waals surface area contributed by atoms with Gasteiger partial charge in [0.15, 0.2) is 0 Å². The topological polar surface area (TPSA) is 52.3 Å². The first-order valence-corrected chi connectivity index (χ1v) is 4.71. The molecular weight excluding hydrogens is 166 g/mol. The summed E-state index contributed by atoms with van der Waals surface area (Å²) < 4.78 is 5.20. The Balaban J connectivity index is 2.36. The summed E-state index contributed by atoms with van der Waals surface area (Å²) in [6, 6.07) is 0.191. The van der Waals surface area contributed by atoms with E-state index in [1.54, 1.807) is 6.92 Å². The Morgan fingerprint density at radius 1 is 1.54 bits per heavy atom. The van der Waals surface area contributed by atoms with Crippen LogP contribution < -0.4 is 5.73 Å². The van der Waals surface area contributed by atoms with Gasteiger partial charge in [0.1, 0.15) is 6.10 Å². The Labute approximate surface area is 78.9 Å². The van der Waals surface area contributed by atoms with E-state index in [2.05, 4.69) is 6.58 Å². The molecule has 0 bridgehead atoms. The molecule has 0 spiro atoms. The van der Waals surface area contributed by atoms with Gasteiger partial charge in [0, 0.05) is 11.6 Å². The summed E-state index contributed by atoms with van der Waals surface area (Å²) in [5, 5.41) is 0. The zero-order chi connectivity index (χ0) is 9.84. The van der Waals surface area contributed by atoms with E-state index in [-0.39, 0.29) is 18.1 Å². The van der Waals surface area contributed by atoms with Crippen molar-refractivity contribution in [2.45, 2.75) is 44.8 Å². The highest BCUT2D eigenvalue weighted by molar-refractivity contribution is 5.87. The second-order valence-corrected chi connectivity index (χ2v) is 3.73. The summed E-state index contributed by atoms with van der Waals surface area (Å²) in [4.78, 5) is 11.2.